The van der Waals surface area contributed by atoms with Crippen LogP contribution in [0.15, 0.2) is 29.1 Å². The van der Waals surface area contributed by atoms with E-state index in [0.717, 1.165) is 37.0 Å². The number of fused-ring (bicyclic) bond motifs is 3. The number of hydrogen-bond acceptors (Lipinski definition) is 3. The van der Waals surface area contributed by atoms with Crippen molar-refractivity contribution >= 4 is 11.0 Å². The average molecular weight is 417 g/mol. The van der Waals surface area contributed by atoms with Crippen molar-refractivity contribution in [1.29, 1.82) is 0 Å². The molecule has 2 aromatic heterocycles. The van der Waals surface area contributed by atoms with E-state index in [4.69, 9.17) is 5.10 Å². The van der Waals surface area contributed by atoms with Gasteiger partial charge in [0.15, 0.2) is 0 Å². The first kappa shape index (κ1) is 19.3. The molecule has 0 aliphatic heterocycles. The van der Waals surface area contributed by atoms with Crippen LogP contribution in [0.1, 0.15) is 85.2 Å². The second kappa shape index (κ2) is 7.94. The monoisotopic (exact) mass is 416 g/mol. The van der Waals surface area contributed by atoms with Crippen LogP contribution in [0.3, 0.4) is 0 Å². The molecule has 2 saturated carbocycles. The lowest BCUT2D eigenvalue weighted by Crippen LogP contribution is -2.34. The summed E-state index contributed by atoms with van der Waals surface area (Å²) in [6.07, 6.45) is 12.0. The Morgan fingerprint density at radius 3 is 2.32 bits per heavy atom. The van der Waals surface area contributed by atoms with Crippen molar-refractivity contribution in [2.75, 3.05) is 0 Å². The van der Waals surface area contributed by atoms with E-state index >= 15 is 0 Å². The highest BCUT2D eigenvalue weighted by Crippen LogP contribution is 2.41. The van der Waals surface area contributed by atoms with E-state index in [-0.39, 0.29) is 5.56 Å². The summed E-state index contributed by atoms with van der Waals surface area (Å²) in [6, 6.07) is 9.59. The molecule has 2 fully saturated rings. The molecule has 0 bridgehead atoms. The normalized spacial score (nSPS) is 19.2. The number of H-pyrrole nitrogens is 1. The number of nitrogens with zero attached hydrogens (tertiary/aromatic N) is 2. The Morgan fingerprint density at radius 2 is 1.65 bits per heavy atom. The van der Waals surface area contributed by atoms with Gasteiger partial charge < -0.3 is 10.3 Å². The smallest absolute Gasteiger partial charge is 0.253 e. The molecular weight excluding hydrogens is 384 g/mol. The number of nitrogens with one attached hydrogen (secondary N) is 2. The van der Waals surface area contributed by atoms with Crippen molar-refractivity contribution in [1.82, 2.24) is 20.1 Å². The van der Waals surface area contributed by atoms with E-state index < -0.39 is 0 Å². The minimum Gasteiger partial charge on any atom is -0.310 e. The first-order valence-corrected chi connectivity index (χ1v) is 12.2. The molecule has 0 radical (unpaired) electrons. The third-order valence-electron chi connectivity index (χ3n) is 7.80. The summed E-state index contributed by atoms with van der Waals surface area (Å²) in [5.74, 6) is 0.556. The maximum Gasteiger partial charge on any atom is 0.253 e. The maximum atomic E-state index is 12.8. The predicted molar refractivity (Wildman–Crippen MR) is 124 cm³/mol. The van der Waals surface area contributed by atoms with Crippen LogP contribution in [0, 0.1) is 0 Å². The Kier molecular flexibility index (Phi) is 4.94. The Hall–Kier alpha value is -2.40. The van der Waals surface area contributed by atoms with Gasteiger partial charge in [-0.15, -0.1) is 0 Å². The third kappa shape index (κ3) is 3.53. The lowest BCUT2D eigenvalue weighted by Gasteiger charge is -2.26. The minimum absolute atomic E-state index is 0.0981. The van der Waals surface area contributed by atoms with Crippen LogP contribution < -0.4 is 10.9 Å². The lowest BCUT2D eigenvalue weighted by atomic mass is 9.80. The molecule has 5 nitrogen and oxygen atoms in total. The van der Waals surface area contributed by atoms with Gasteiger partial charge in [-0.25, -0.2) is 4.68 Å². The van der Waals surface area contributed by atoms with Gasteiger partial charge in [0, 0.05) is 29.5 Å². The molecule has 5 heteroatoms. The van der Waals surface area contributed by atoms with Crippen LogP contribution in [-0.2, 0) is 25.9 Å². The maximum absolute atomic E-state index is 12.8. The first-order chi connectivity index (χ1) is 15.3. The molecule has 3 aliphatic carbocycles. The van der Waals surface area contributed by atoms with E-state index in [0.29, 0.717) is 18.5 Å². The van der Waals surface area contributed by atoms with E-state index in [1.54, 1.807) is 0 Å². The van der Waals surface area contributed by atoms with Crippen LogP contribution in [0.4, 0.5) is 0 Å². The van der Waals surface area contributed by atoms with E-state index in [9.17, 15) is 4.79 Å². The van der Waals surface area contributed by atoms with Crippen LogP contribution in [-0.4, -0.2) is 20.8 Å². The zero-order chi connectivity index (χ0) is 20.8. The predicted octanol–water partition coefficient (Wildman–Crippen LogP) is 4.56. The second-order valence-electron chi connectivity index (χ2n) is 9.84. The van der Waals surface area contributed by atoms with E-state index in [1.165, 1.54) is 72.7 Å². The molecule has 0 atom stereocenters. The molecule has 162 valence electrons. The molecule has 0 saturated heterocycles. The number of hydrogen-bond donors (Lipinski definition) is 2. The third-order valence-corrected chi connectivity index (χ3v) is 7.80. The van der Waals surface area contributed by atoms with Gasteiger partial charge in [0.25, 0.3) is 5.56 Å². The number of benzene rings is 1. The summed E-state index contributed by atoms with van der Waals surface area (Å²) in [4.78, 5) is 16.1. The number of aromatic nitrogens is 3. The van der Waals surface area contributed by atoms with Gasteiger partial charge in [0.05, 0.1) is 12.2 Å². The quantitative estimate of drug-likeness (QED) is 0.619. The minimum atomic E-state index is 0.0981. The Balaban J connectivity index is 1.32. The fourth-order valence-electron chi connectivity index (χ4n) is 5.41. The first-order valence-electron chi connectivity index (χ1n) is 12.2. The van der Waals surface area contributed by atoms with Crippen molar-refractivity contribution in [3.63, 3.8) is 0 Å². The van der Waals surface area contributed by atoms with Gasteiger partial charge in [0.2, 0.25) is 0 Å². The zero-order valence-electron chi connectivity index (χ0n) is 18.3. The van der Waals surface area contributed by atoms with Gasteiger partial charge in [-0.3, -0.25) is 4.79 Å². The summed E-state index contributed by atoms with van der Waals surface area (Å²) in [6.45, 7) is 1.65. The topological polar surface area (TPSA) is 62.7 Å². The van der Waals surface area contributed by atoms with E-state index in [2.05, 4.69) is 39.2 Å². The van der Waals surface area contributed by atoms with Gasteiger partial charge in [-0.05, 0) is 68.1 Å². The molecule has 0 unspecified atom stereocenters. The molecule has 0 spiro atoms. The van der Waals surface area contributed by atoms with Crippen molar-refractivity contribution in [2.24, 2.45) is 0 Å². The molecule has 0 amide bonds. The lowest BCUT2D eigenvalue weighted by molar-refractivity contribution is 0.338. The van der Waals surface area contributed by atoms with Crippen LogP contribution in [0.2, 0.25) is 0 Å². The number of pyridine rings is 1. The molecular formula is C26H32N4O. The summed E-state index contributed by atoms with van der Waals surface area (Å²) >= 11 is 0. The molecule has 31 heavy (non-hydrogen) atoms. The average Bonchev–Trinajstić information content (AvgIpc) is 3.05. The van der Waals surface area contributed by atoms with Crippen molar-refractivity contribution < 1.29 is 0 Å². The standard InChI is InChI=1S/C26H32N4O/c31-26-22-10-2-1-9-21(22)23-24(19-5-3-6-19)29-30(25(23)28-26)16-18-13-11-17(12-14-18)15-27-20-7-4-8-20/h11-14,19-20,27H,1-10,15-16H2,(H,28,31). The highest BCUT2D eigenvalue weighted by Gasteiger charge is 2.29. The SMILES string of the molecule is O=c1[nH]c2c(c(C3CCC3)nn2Cc2ccc(CNC3CCC3)cc2)c2c1CCCC2. The van der Waals surface area contributed by atoms with Crippen molar-refractivity contribution in [3.05, 3.63) is 62.6 Å². The zero-order valence-corrected chi connectivity index (χ0v) is 18.3. The van der Waals surface area contributed by atoms with Crippen LogP contribution >= 0.6 is 0 Å². The fourth-order valence-corrected chi connectivity index (χ4v) is 5.41. The van der Waals surface area contributed by atoms with Gasteiger partial charge >= 0.3 is 0 Å². The fraction of sp³-hybridized carbons (Fsp3) is 0.538. The second-order valence-corrected chi connectivity index (χ2v) is 9.84. The highest BCUT2D eigenvalue weighted by molar-refractivity contribution is 5.84. The van der Waals surface area contributed by atoms with E-state index in [1.807, 2.05) is 0 Å². The van der Waals surface area contributed by atoms with Gasteiger partial charge in [-0.1, -0.05) is 37.1 Å². The Bertz CT molecular complexity index is 1150. The molecule has 3 aliphatic rings. The Labute approximate surface area is 183 Å². The number of rotatable bonds is 6. The molecule has 2 heterocycles. The van der Waals surface area contributed by atoms with Crippen LogP contribution in [0.5, 0.6) is 0 Å². The number of aromatic amines is 1. The largest absolute Gasteiger partial charge is 0.310 e. The highest BCUT2D eigenvalue weighted by atomic mass is 16.1. The molecule has 1 aromatic carbocycles. The summed E-state index contributed by atoms with van der Waals surface area (Å²) in [7, 11) is 0. The molecule has 3 aromatic rings. The van der Waals surface area contributed by atoms with Crippen molar-refractivity contribution in [2.45, 2.75) is 89.3 Å². The van der Waals surface area contributed by atoms with Gasteiger partial charge in [-0.2, -0.15) is 5.10 Å². The summed E-state index contributed by atoms with van der Waals surface area (Å²) in [5, 5.41) is 9.99. The van der Waals surface area contributed by atoms with Gasteiger partial charge in [0.1, 0.15) is 5.65 Å². The van der Waals surface area contributed by atoms with Crippen molar-refractivity contribution in [3.8, 4) is 0 Å². The summed E-state index contributed by atoms with van der Waals surface area (Å²) < 4.78 is 2.06. The van der Waals surface area contributed by atoms with Crippen LogP contribution in [0.25, 0.3) is 11.0 Å². The Morgan fingerprint density at radius 1 is 0.935 bits per heavy atom. The molecule has 6 rings (SSSR count). The molecule has 2 N–H and O–H groups in total. The summed E-state index contributed by atoms with van der Waals surface area (Å²) in [5.41, 5.74) is 7.13. The number of aryl methyl sites for hydroxylation is 1.